The molecule has 0 bridgehead atoms. The standard InChI is InChI=1S/C21H30O/c1-7-20(5)15(3)11-9-13-17(20)19(22)18-14-10-12-16(4)21(18,6)8-2/h9-14,17-18H,7-8H2,1-6H3. The molecule has 1 heteroatoms. The molecule has 22 heavy (non-hydrogen) atoms. The molecule has 0 N–H and O–H groups in total. The number of ketones is 1. The zero-order valence-electron chi connectivity index (χ0n) is 14.9. The zero-order chi connectivity index (χ0) is 16.5. The summed E-state index contributed by atoms with van der Waals surface area (Å²) in [5.74, 6) is 0.337. The molecule has 0 aromatic heterocycles. The molecule has 2 aliphatic rings. The van der Waals surface area contributed by atoms with Crippen molar-refractivity contribution in [1.82, 2.24) is 0 Å². The van der Waals surface area contributed by atoms with Gasteiger partial charge in [-0.25, -0.2) is 0 Å². The van der Waals surface area contributed by atoms with Gasteiger partial charge in [0.15, 0.2) is 0 Å². The van der Waals surface area contributed by atoms with Crippen molar-refractivity contribution < 1.29 is 4.79 Å². The number of carbonyl (C=O) groups excluding carboxylic acids is 1. The fraction of sp³-hybridized carbons (Fsp3) is 0.571. The van der Waals surface area contributed by atoms with Crippen molar-refractivity contribution >= 4 is 5.78 Å². The number of rotatable bonds is 4. The van der Waals surface area contributed by atoms with Crippen molar-refractivity contribution in [2.45, 2.75) is 54.4 Å². The molecule has 1 nitrogen and oxygen atoms in total. The van der Waals surface area contributed by atoms with Gasteiger partial charge in [0.1, 0.15) is 5.78 Å². The molecule has 2 aliphatic carbocycles. The first kappa shape index (κ1) is 17.0. The number of allylic oxidation sites excluding steroid dienone is 8. The highest BCUT2D eigenvalue weighted by molar-refractivity contribution is 5.89. The highest BCUT2D eigenvalue weighted by Crippen LogP contribution is 2.48. The largest absolute Gasteiger partial charge is 0.298 e. The van der Waals surface area contributed by atoms with Crippen LogP contribution in [0, 0.1) is 22.7 Å². The van der Waals surface area contributed by atoms with Crippen LogP contribution >= 0.6 is 0 Å². The normalized spacial score (nSPS) is 37.7. The summed E-state index contributed by atoms with van der Waals surface area (Å²) in [6, 6.07) is 0. The van der Waals surface area contributed by atoms with Crippen molar-refractivity contribution in [2.75, 3.05) is 0 Å². The SMILES string of the molecule is CCC1(C)C(C)=CC=CC1C(=O)C1C=CC=C(C)C1(C)CC. The Hall–Kier alpha value is -1.37. The summed E-state index contributed by atoms with van der Waals surface area (Å²) in [5, 5.41) is 0. The summed E-state index contributed by atoms with van der Waals surface area (Å²) in [4.78, 5) is 13.4. The minimum atomic E-state index is -0.0522. The molecule has 0 amide bonds. The number of hydrogen-bond donors (Lipinski definition) is 0. The van der Waals surface area contributed by atoms with Crippen LogP contribution in [0.5, 0.6) is 0 Å². The summed E-state index contributed by atoms with van der Waals surface area (Å²) in [5.41, 5.74) is 2.54. The smallest absolute Gasteiger partial charge is 0.148 e. The van der Waals surface area contributed by atoms with Crippen LogP contribution in [0.15, 0.2) is 47.6 Å². The summed E-state index contributed by atoms with van der Waals surface area (Å²) < 4.78 is 0. The van der Waals surface area contributed by atoms with Gasteiger partial charge in [-0.3, -0.25) is 4.79 Å². The average Bonchev–Trinajstić information content (AvgIpc) is 2.52. The zero-order valence-corrected chi connectivity index (χ0v) is 14.9. The van der Waals surface area contributed by atoms with Crippen LogP contribution in [-0.4, -0.2) is 5.78 Å². The third-order valence-electron chi connectivity index (χ3n) is 6.56. The van der Waals surface area contributed by atoms with Gasteiger partial charge in [0.25, 0.3) is 0 Å². The van der Waals surface area contributed by atoms with Gasteiger partial charge in [0.2, 0.25) is 0 Å². The Labute approximate surface area is 135 Å². The predicted octanol–water partition coefficient (Wildman–Crippen LogP) is 5.65. The first-order valence-electron chi connectivity index (χ1n) is 8.56. The van der Waals surface area contributed by atoms with E-state index in [4.69, 9.17) is 0 Å². The van der Waals surface area contributed by atoms with E-state index in [1.165, 1.54) is 11.1 Å². The molecular weight excluding hydrogens is 268 g/mol. The third kappa shape index (κ3) is 2.45. The quantitative estimate of drug-likeness (QED) is 0.655. The van der Waals surface area contributed by atoms with E-state index in [1.807, 2.05) is 0 Å². The van der Waals surface area contributed by atoms with Crippen molar-refractivity contribution in [3.63, 3.8) is 0 Å². The molecule has 0 heterocycles. The van der Waals surface area contributed by atoms with E-state index >= 15 is 0 Å². The second-order valence-electron chi connectivity index (χ2n) is 7.37. The van der Waals surface area contributed by atoms with E-state index in [2.05, 4.69) is 78.0 Å². The second kappa shape index (κ2) is 6.02. The maximum atomic E-state index is 13.4. The van der Waals surface area contributed by atoms with Crippen LogP contribution in [0.4, 0.5) is 0 Å². The second-order valence-corrected chi connectivity index (χ2v) is 7.37. The van der Waals surface area contributed by atoms with Gasteiger partial charge in [-0.1, -0.05) is 75.3 Å². The van der Waals surface area contributed by atoms with E-state index in [9.17, 15) is 4.79 Å². The summed E-state index contributed by atoms with van der Waals surface area (Å²) in [6.45, 7) is 13.2. The number of carbonyl (C=O) groups is 1. The minimum Gasteiger partial charge on any atom is -0.298 e. The van der Waals surface area contributed by atoms with Gasteiger partial charge in [0.05, 0.1) is 0 Å². The fourth-order valence-electron chi connectivity index (χ4n) is 3.93. The lowest BCUT2D eigenvalue weighted by atomic mass is 9.59. The van der Waals surface area contributed by atoms with Gasteiger partial charge in [-0.15, -0.1) is 0 Å². The van der Waals surface area contributed by atoms with Gasteiger partial charge < -0.3 is 0 Å². The summed E-state index contributed by atoms with van der Waals surface area (Å²) in [7, 11) is 0. The average molecular weight is 298 g/mol. The lowest BCUT2D eigenvalue weighted by Crippen LogP contribution is -2.43. The summed E-state index contributed by atoms with van der Waals surface area (Å²) >= 11 is 0. The minimum absolute atomic E-state index is 0.0195. The molecule has 0 aromatic carbocycles. The molecule has 0 aromatic rings. The fourth-order valence-corrected chi connectivity index (χ4v) is 3.93. The van der Waals surface area contributed by atoms with E-state index in [0.717, 1.165) is 12.8 Å². The Morgan fingerprint density at radius 2 is 1.27 bits per heavy atom. The molecule has 4 atom stereocenters. The molecule has 4 unspecified atom stereocenters. The van der Waals surface area contributed by atoms with E-state index < -0.39 is 0 Å². The van der Waals surface area contributed by atoms with Crippen LogP contribution in [0.2, 0.25) is 0 Å². The van der Waals surface area contributed by atoms with Crippen LogP contribution in [0.3, 0.4) is 0 Å². The highest BCUT2D eigenvalue weighted by atomic mass is 16.1. The van der Waals surface area contributed by atoms with Crippen LogP contribution in [0.1, 0.15) is 54.4 Å². The van der Waals surface area contributed by atoms with Crippen molar-refractivity contribution in [2.24, 2.45) is 22.7 Å². The highest BCUT2D eigenvalue weighted by Gasteiger charge is 2.46. The van der Waals surface area contributed by atoms with Crippen molar-refractivity contribution in [3.05, 3.63) is 47.6 Å². The summed E-state index contributed by atoms with van der Waals surface area (Å²) in [6.07, 6.45) is 14.7. The van der Waals surface area contributed by atoms with Gasteiger partial charge in [-0.05, 0) is 26.7 Å². The van der Waals surface area contributed by atoms with Gasteiger partial charge >= 0.3 is 0 Å². The molecule has 0 aliphatic heterocycles. The molecule has 0 spiro atoms. The Bertz CT molecular complexity index is 525. The first-order chi connectivity index (χ1) is 10.3. The number of Topliss-reactive ketones (excluding diaryl/α,β-unsaturated/α-hetero) is 1. The molecule has 0 saturated carbocycles. The van der Waals surface area contributed by atoms with Crippen molar-refractivity contribution in [1.29, 1.82) is 0 Å². The Morgan fingerprint density at radius 3 is 1.59 bits per heavy atom. The molecule has 0 radical (unpaired) electrons. The van der Waals surface area contributed by atoms with Gasteiger partial charge in [-0.2, -0.15) is 0 Å². The molecule has 2 rings (SSSR count). The van der Waals surface area contributed by atoms with Crippen LogP contribution in [0.25, 0.3) is 0 Å². The first-order valence-corrected chi connectivity index (χ1v) is 8.56. The molecular formula is C21H30O. The van der Waals surface area contributed by atoms with E-state index in [0.29, 0.717) is 5.78 Å². The van der Waals surface area contributed by atoms with Gasteiger partial charge in [0, 0.05) is 22.7 Å². The Kier molecular flexibility index (Phi) is 4.65. The topological polar surface area (TPSA) is 17.1 Å². The molecule has 120 valence electrons. The Morgan fingerprint density at radius 1 is 0.909 bits per heavy atom. The maximum Gasteiger partial charge on any atom is 0.148 e. The van der Waals surface area contributed by atoms with E-state index in [-0.39, 0.29) is 22.7 Å². The lowest BCUT2D eigenvalue weighted by Gasteiger charge is -2.44. The Balaban J connectivity index is 2.40. The van der Waals surface area contributed by atoms with Crippen molar-refractivity contribution in [3.8, 4) is 0 Å². The maximum absolute atomic E-state index is 13.4. The van der Waals surface area contributed by atoms with Crippen LogP contribution < -0.4 is 0 Å². The lowest BCUT2D eigenvalue weighted by molar-refractivity contribution is -0.129. The monoisotopic (exact) mass is 298 g/mol. The van der Waals surface area contributed by atoms with Crippen LogP contribution in [-0.2, 0) is 4.79 Å². The molecule has 0 fully saturated rings. The van der Waals surface area contributed by atoms with E-state index in [1.54, 1.807) is 0 Å². The predicted molar refractivity (Wildman–Crippen MR) is 94.6 cm³/mol. The number of hydrogen-bond acceptors (Lipinski definition) is 1. The third-order valence-corrected chi connectivity index (χ3v) is 6.56. The molecule has 0 saturated heterocycles.